The fraction of sp³-hybridized carbons (Fsp3) is 0.0909. The Morgan fingerprint density at radius 1 is 0.893 bits per heavy atom. The van der Waals surface area contributed by atoms with E-state index in [1.807, 2.05) is 53.3 Å². The fourth-order valence-electron chi connectivity index (χ4n) is 3.17. The second-order valence-electron chi connectivity index (χ2n) is 6.30. The van der Waals surface area contributed by atoms with Crippen molar-refractivity contribution in [3.8, 4) is 0 Å². The predicted molar refractivity (Wildman–Crippen MR) is 114 cm³/mol. The van der Waals surface area contributed by atoms with Gasteiger partial charge in [-0.25, -0.2) is 0 Å². The Hall–Kier alpha value is -3.38. The number of para-hydroxylation sites is 1. The molecule has 140 valence electrons. The molecule has 2 amide bonds. The Morgan fingerprint density at radius 2 is 1.57 bits per heavy atom. The molecular formula is C22H19N3O2S. The molecule has 0 aliphatic carbocycles. The lowest BCUT2D eigenvalue weighted by atomic mass is 10.2. The van der Waals surface area contributed by atoms with Crippen LogP contribution in [-0.4, -0.2) is 16.4 Å². The number of carbonyl (C=O) groups excluding carboxylic acids is 2. The highest BCUT2D eigenvalue weighted by Gasteiger charge is 2.15. The van der Waals surface area contributed by atoms with Crippen LogP contribution in [0.2, 0.25) is 0 Å². The van der Waals surface area contributed by atoms with Crippen molar-refractivity contribution < 1.29 is 9.59 Å². The molecule has 0 aliphatic rings. The van der Waals surface area contributed by atoms with Gasteiger partial charge in [0.2, 0.25) is 0 Å². The standard InChI is InChI=1S/C22H19N3O2S/c1-2-25-18-7-4-3-6-15(18)14-19(25)21(26)23-16-9-11-17(12-10-16)24-22(27)20-8-5-13-28-20/h3-14H,2H2,1H3,(H,23,26)(H,24,27). The number of nitrogens with zero attached hydrogens (tertiary/aromatic N) is 1. The summed E-state index contributed by atoms with van der Waals surface area (Å²) in [5.74, 6) is -0.298. The molecule has 4 rings (SSSR count). The number of anilines is 2. The zero-order chi connectivity index (χ0) is 19.5. The molecular weight excluding hydrogens is 370 g/mol. The van der Waals surface area contributed by atoms with E-state index in [1.54, 1.807) is 30.3 Å². The lowest BCUT2D eigenvalue weighted by molar-refractivity contribution is 0.101. The van der Waals surface area contributed by atoms with E-state index in [9.17, 15) is 9.59 Å². The van der Waals surface area contributed by atoms with E-state index >= 15 is 0 Å². The van der Waals surface area contributed by atoms with E-state index in [4.69, 9.17) is 0 Å². The van der Waals surface area contributed by atoms with E-state index in [1.165, 1.54) is 11.3 Å². The van der Waals surface area contributed by atoms with Gasteiger partial charge >= 0.3 is 0 Å². The van der Waals surface area contributed by atoms with Gasteiger partial charge in [0.1, 0.15) is 5.69 Å². The van der Waals surface area contributed by atoms with Crippen molar-refractivity contribution in [1.82, 2.24) is 4.57 Å². The summed E-state index contributed by atoms with van der Waals surface area (Å²) in [6, 6.07) is 20.6. The monoisotopic (exact) mass is 389 g/mol. The summed E-state index contributed by atoms with van der Waals surface area (Å²) >= 11 is 1.39. The number of thiophene rings is 1. The maximum atomic E-state index is 12.8. The number of aromatic nitrogens is 1. The van der Waals surface area contributed by atoms with E-state index in [0.717, 1.165) is 10.9 Å². The first-order valence-corrected chi connectivity index (χ1v) is 9.88. The average molecular weight is 389 g/mol. The number of fused-ring (bicyclic) bond motifs is 1. The van der Waals surface area contributed by atoms with E-state index in [0.29, 0.717) is 28.5 Å². The molecule has 0 atom stereocenters. The molecule has 6 heteroatoms. The summed E-state index contributed by atoms with van der Waals surface area (Å²) in [6.45, 7) is 2.73. The van der Waals surface area contributed by atoms with Crippen molar-refractivity contribution in [2.45, 2.75) is 13.5 Å². The van der Waals surface area contributed by atoms with E-state index in [2.05, 4.69) is 10.6 Å². The van der Waals surface area contributed by atoms with Crippen molar-refractivity contribution >= 4 is 45.4 Å². The van der Waals surface area contributed by atoms with Crippen molar-refractivity contribution in [3.05, 3.63) is 82.7 Å². The highest BCUT2D eigenvalue weighted by atomic mass is 32.1. The maximum Gasteiger partial charge on any atom is 0.272 e. The minimum Gasteiger partial charge on any atom is -0.337 e. The van der Waals surface area contributed by atoms with Gasteiger partial charge in [0.15, 0.2) is 0 Å². The highest BCUT2D eigenvalue weighted by Crippen LogP contribution is 2.22. The largest absolute Gasteiger partial charge is 0.337 e. The molecule has 0 unspecified atom stereocenters. The quantitative estimate of drug-likeness (QED) is 0.491. The fourth-order valence-corrected chi connectivity index (χ4v) is 3.79. The van der Waals surface area contributed by atoms with Crippen LogP contribution in [0.5, 0.6) is 0 Å². The Bertz CT molecular complexity index is 1130. The van der Waals surface area contributed by atoms with Gasteiger partial charge in [-0.1, -0.05) is 24.3 Å². The topological polar surface area (TPSA) is 63.1 Å². The van der Waals surface area contributed by atoms with Crippen LogP contribution in [-0.2, 0) is 6.54 Å². The average Bonchev–Trinajstić information content (AvgIpc) is 3.37. The van der Waals surface area contributed by atoms with Crippen LogP contribution in [0.25, 0.3) is 10.9 Å². The molecule has 0 bridgehead atoms. The van der Waals surface area contributed by atoms with Crippen molar-refractivity contribution in [3.63, 3.8) is 0 Å². The number of hydrogen-bond donors (Lipinski definition) is 2. The summed E-state index contributed by atoms with van der Waals surface area (Å²) in [7, 11) is 0. The molecule has 0 spiro atoms. The molecule has 28 heavy (non-hydrogen) atoms. The smallest absolute Gasteiger partial charge is 0.272 e. The van der Waals surface area contributed by atoms with Gasteiger partial charge in [-0.3, -0.25) is 9.59 Å². The Morgan fingerprint density at radius 3 is 2.21 bits per heavy atom. The van der Waals surface area contributed by atoms with Gasteiger partial charge in [-0.05, 0) is 54.8 Å². The van der Waals surface area contributed by atoms with Gasteiger partial charge < -0.3 is 15.2 Å². The second kappa shape index (κ2) is 7.70. The SMILES string of the molecule is CCn1c(C(=O)Nc2ccc(NC(=O)c3cccs3)cc2)cc2ccccc21. The van der Waals surface area contributed by atoms with Crippen LogP contribution < -0.4 is 10.6 Å². The molecule has 2 aromatic heterocycles. The van der Waals surface area contributed by atoms with Crippen molar-refractivity contribution in [2.24, 2.45) is 0 Å². The van der Waals surface area contributed by atoms with Gasteiger partial charge in [-0.2, -0.15) is 0 Å². The van der Waals surface area contributed by atoms with Crippen LogP contribution in [0.15, 0.2) is 72.1 Å². The first-order chi connectivity index (χ1) is 13.7. The van der Waals surface area contributed by atoms with Gasteiger partial charge in [0, 0.05) is 28.8 Å². The number of nitrogens with one attached hydrogen (secondary N) is 2. The molecule has 2 aromatic carbocycles. The summed E-state index contributed by atoms with van der Waals surface area (Å²) in [4.78, 5) is 25.5. The number of aryl methyl sites for hydroxylation is 1. The summed E-state index contributed by atoms with van der Waals surface area (Å²) in [5, 5.41) is 8.69. The Labute approximate surface area is 166 Å². The molecule has 4 aromatic rings. The van der Waals surface area contributed by atoms with Crippen LogP contribution in [0, 0.1) is 0 Å². The van der Waals surface area contributed by atoms with Crippen molar-refractivity contribution in [2.75, 3.05) is 10.6 Å². The third-order valence-electron chi connectivity index (χ3n) is 4.51. The molecule has 0 radical (unpaired) electrons. The van der Waals surface area contributed by atoms with Crippen LogP contribution in [0.3, 0.4) is 0 Å². The lowest BCUT2D eigenvalue weighted by Gasteiger charge is -2.10. The summed E-state index contributed by atoms with van der Waals surface area (Å²) in [6.07, 6.45) is 0. The molecule has 0 fully saturated rings. The van der Waals surface area contributed by atoms with Gasteiger partial charge in [0.25, 0.3) is 11.8 Å². The van der Waals surface area contributed by atoms with Gasteiger partial charge in [-0.15, -0.1) is 11.3 Å². The first-order valence-electron chi connectivity index (χ1n) is 9.00. The molecule has 5 nitrogen and oxygen atoms in total. The van der Waals surface area contributed by atoms with Crippen LogP contribution in [0.1, 0.15) is 27.1 Å². The molecule has 0 saturated carbocycles. The highest BCUT2D eigenvalue weighted by molar-refractivity contribution is 7.12. The van der Waals surface area contributed by atoms with Gasteiger partial charge in [0.05, 0.1) is 4.88 Å². The third-order valence-corrected chi connectivity index (χ3v) is 5.37. The zero-order valence-electron chi connectivity index (χ0n) is 15.3. The number of amides is 2. The Kier molecular flexibility index (Phi) is 4.95. The Balaban J connectivity index is 1.49. The minimum absolute atomic E-state index is 0.140. The predicted octanol–water partition coefficient (Wildman–Crippen LogP) is 5.23. The van der Waals surface area contributed by atoms with E-state index < -0.39 is 0 Å². The number of carbonyl (C=O) groups is 2. The first kappa shape index (κ1) is 18.0. The second-order valence-corrected chi connectivity index (χ2v) is 7.24. The summed E-state index contributed by atoms with van der Waals surface area (Å²) < 4.78 is 2.00. The van der Waals surface area contributed by atoms with Crippen LogP contribution >= 0.6 is 11.3 Å². The summed E-state index contributed by atoms with van der Waals surface area (Å²) in [5.41, 5.74) is 3.02. The number of benzene rings is 2. The zero-order valence-corrected chi connectivity index (χ0v) is 16.1. The molecule has 2 heterocycles. The number of rotatable bonds is 5. The lowest BCUT2D eigenvalue weighted by Crippen LogP contribution is -2.16. The molecule has 0 saturated heterocycles. The molecule has 0 aliphatic heterocycles. The van der Waals surface area contributed by atoms with Crippen LogP contribution in [0.4, 0.5) is 11.4 Å². The minimum atomic E-state index is -0.159. The van der Waals surface area contributed by atoms with Crippen molar-refractivity contribution in [1.29, 1.82) is 0 Å². The van der Waals surface area contributed by atoms with E-state index in [-0.39, 0.29) is 11.8 Å². The molecule has 2 N–H and O–H groups in total. The number of hydrogen-bond acceptors (Lipinski definition) is 3. The maximum absolute atomic E-state index is 12.8. The normalized spacial score (nSPS) is 10.8. The third kappa shape index (κ3) is 3.54.